The lowest BCUT2D eigenvalue weighted by atomic mass is 10.1. The highest BCUT2D eigenvalue weighted by atomic mass is 19.1. The van der Waals surface area contributed by atoms with Crippen LogP contribution in [0.4, 0.5) is 14.5 Å². The average Bonchev–Trinajstić information content (AvgIpc) is 2.67. The predicted octanol–water partition coefficient (Wildman–Crippen LogP) is 3.28. The monoisotopic (exact) mass is 388 g/mol. The molecule has 1 aliphatic heterocycles. The standard InChI is InChI=1S/C21H22F2N2O3/c1-14-12-24(20-8-3-16(15(2)26)11-19(20)23)9-10-25(14)21(27)13-28-18-6-4-17(22)5-7-18/h3-8,11,14H,9-10,12-13H2,1-2H3/t14-/m0/s1. The van der Waals surface area contributed by atoms with Crippen molar-refractivity contribution < 1.29 is 23.1 Å². The van der Waals surface area contributed by atoms with Crippen molar-refractivity contribution >= 4 is 17.4 Å². The Morgan fingerprint density at radius 2 is 1.82 bits per heavy atom. The van der Waals surface area contributed by atoms with Gasteiger partial charge in [0.15, 0.2) is 12.4 Å². The van der Waals surface area contributed by atoms with Gasteiger partial charge in [-0.1, -0.05) is 0 Å². The molecule has 28 heavy (non-hydrogen) atoms. The van der Waals surface area contributed by atoms with Crippen molar-refractivity contribution in [3.05, 3.63) is 59.7 Å². The molecule has 0 radical (unpaired) electrons. The number of halogens is 2. The fourth-order valence-corrected chi connectivity index (χ4v) is 3.29. The molecule has 1 atom stereocenters. The zero-order valence-corrected chi connectivity index (χ0v) is 15.8. The van der Waals surface area contributed by atoms with Crippen molar-refractivity contribution in [1.29, 1.82) is 0 Å². The highest BCUT2D eigenvalue weighted by Crippen LogP contribution is 2.24. The molecule has 0 bridgehead atoms. The summed E-state index contributed by atoms with van der Waals surface area (Å²) in [5.74, 6) is -0.751. The fraction of sp³-hybridized carbons (Fsp3) is 0.333. The number of ether oxygens (including phenoxy) is 1. The van der Waals surface area contributed by atoms with Gasteiger partial charge in [0.1, 0.15) is 17.4 Å². The molecule has 3 rings (SSSR count). The van der Waals surface area contributed by atoms with E-state index < -0.39 is 5.82 Å². The molecule has 7 heteroatoms. The Hall–Kier alpha value is -2.96. The Bertz CT molecular complexity index is 870. The van der Waals surface area contributed by atoms with Gasteiger partial charge >= 0.3 is 0 Å². The van der Waals surface area contributed by atoms with E-state index in [1.807, 2.05) is 11.8 Å². The molecule has 148 valence electrons. The van der Waals surface area contributed by atoms with E-state index in [2.05, 4.69) is 0 Å². The third-order valence-electron chi connectivity index (χ3n) is 4.82. The van der Waals surface area contributed by atoms with Gasteiger partial charge in [-0.25, -0.2) is 8.78 Å². The highest BCUT2D eigenvalue weighted by Gasteiger charge is 2.29. The van der Waals surface area contributed by atoms with E-state index in [1.54, 1.807) is 17.0 Å². The lowest BCUT2D eigenvalue weighted by Gasteiger charge is -2.41. The van der Waals surface area contributed by atoms with Gasteiger partial charge in [0, 0.05) is 31.2 Å². The van der Waals surface area contributed by atoms with E-state index in [-0.39, 0.29) is 30.2 Å². The summed E-state index contributed by atoms with van der Waals surface area (Å²) in [7, 11) is 0. The largest absolute Gasteiger partial charge is 0.484 e. The molecule has 1 amide bonds. The van der Waals surface area contributed by atoms with Crippen molar-refractivity contribution in [2.45, 2.75) is 19.9 Å². The SMILES string of the molecule is CC(=O)c1ccc(N2CCN(C(=O)COc3ccc(F)cc3)[C@@H](C)C2)c(F)c1. The first-order valence-electron chi connectivity index (χ1n) is 9.08. The van der Waals surface area contributed by atoms with Crippen molar-refractivity contribution in [3.63, 3.8) is 0 Å². The van der Waals surface area contributed by atoms with Crippen molar-refractivity contribution in [2.75, 3.05) is 31.1 Å². The van der Waals surface area contributed by atoms with Crippen LogP contribution in [0.15, 0.2) is 42.5 Å². The number of piperazine rings is 1. The van der Waals surface area contributed by atoms with Crippen molar-refractivity contribution in [3.8, 4) is 5.75 Å². The minimum atomic E-state index is -0.445. The second kappa shape index (κ2) is 8.37. The quantitative estimate of drug-likeness (QED) is 0.738. The summed E-state index contributed by atoms with van der Waals surface area (Å²) in [5.41, 5.74) is 0.757. The maximum atomic E-state index is 14.4. The van der Waals surface area contributed by atoms with Crippen LogP contribution in [0.25, 0.3) is 0 Å². The predicted molar refractivity (Wildman–Crippen MR) is 102 cm³/mol. The molecule has 0 aromatic heterocycles. The number of nitrogens with zero attached hydrogens (tertiary/aromatic N) is 2. The van der Waals surface area contributed by atoms with Gasteiger partial charge in [0.05, 0.1) is 5.69 Å². The Morgan fingerprint density at radius 3 is 2.43 bits per heavy atom. The van der Waals surface area contributed by atoms with Crippen molar-refractivity contribution in [1.82, 2.24) is 4.90 Å². The molecule has 0 unspecified atom stereocenters. The summed E-state index contributed by atoms with van der Waals surface area (Å²) in [6, 6.07) is 9.81. The molecular weight excluding hydrogens is 366 g/mol. The molecular formula is C21H22F2N2O3. The lowest BCUT2D eigenvalue weighted by molar-refractivity contribution is -0.135. The van der Waals surface area contributed by atoms with Gasteiger partial charge in [-0.2, -0.15) is 0 Å². The number of hydrogen-bond donors (Lipinski definition) is 0. The summed E-state index contributed by atoms with van der Waals surface area (Å²) >= 11 is 0. The summed E-state index contributed by atoms with van der Waals surface area (Å²) < 4.78 is 32.7. The van der Waals surface area contributed by atoms with Gasteiger partial charge in [0.2, 0.25) is 0 Å². The van der Waals surface area contributed by atoms with E-state index in [0.29, 0.717) is 36.6 Å². The van der Waals surface area contributed by atoms with Crippen molar-refractivity contribution in [2.24, 2.45) is 0 Å². The summed E-state index contributed by atoms with van der Waals surface area (Å²) in [6.45, 7) is 4.53. The first-order chi connectivity index (χ1) is 13.3. The molecule has 2 aromatic carbocycles. The Morgan fingerprint density at radius 1 is 1.11 bits per heavy atom. The van der Waals surface area contributed by atoms with Crippen LogP contribution in [0.1, 0.15) is 24.2 Å². The zero-order chi connectivity index (χ0) is 20.3. The maximum Gasteiger partial charge on any atom is 0.260 e. The number of anilines is 1. The molecule has 0 aliphatic carbocycles. The number of benzene rings is 2. The van der Waals surface area contributed by atoms with E-state index >= 15 is 0 Å². The number of rotatable bonds is 5. The topological polar surface area (TPSA) is 49.9 Å². The molecule has 1 fully saturated rings. The Kier molecular flexibility index (Phi) is 5.92. The van der Waals surface area contributed by atoms with Gasteiger partial charge in [0.25, 0.3) is 5.91 Å². The second-order valence-corrected chi connectivity index (χ2v) is 6.85. The first-order valence-corrected chi connectivity index (χ1v) is 9.08. The van der Waals surface area contributed by atoms with Crippen LogP contribution in [-0.2, 0) is 4.79 Å². The van der Waals surface area contributed by atoms with Gasteiger partial charge in [-0.3, -0.25) is 9.59 Å². The highest BCUT2D eigenvalue weighted by molar-refractivity contribution is 5.94. The number of ketones is 1. The maximum absolute atomic E-state index is 14.4. The van der Waals surface area contributed by atoms with E-state index in [0.717, 1.165) is 0 Å². The van der Waals surface area contributed by atoms with Crippen LogP contribution in [0.5, 0.6) is 5.75 Å². The first kappa shape index (κ1) is 19.8. The third-order valence-corrected chi connectivity index (χ3v) is 4.82. The third kappa shape index (κ3) is 4.47. The Balaban J connectivity index is 1.59. The average molecular weight is 388 g/mol. The lowest BCUT2D eigenvalue weighted by Crippen LogP contribution is -2.55. The minimum Gasteiger partial charge on any atom is -0.484 e. The minimum absolute atomic E-state index is 0.134. The van der Waals surface area contributed by atoms with Crippen LogP contribution >= 0.6 is 0 Å². The fourth-order valence-electron chi connectivity index (χ4n) is 3.29. The molecule has 1 saturated heterocycles. The molecule has 0 saturated carbocycles. The van der Waals surface area contributed by atoms with Crippen LogP contribution < -0.4 is 9.64 Å². The second-order valence-electron chi connectivity index (χ2n) is 6.85. The van der Waals surface area contributed by atoms with Crippen LogP contribution in [0, 0.1) is 11.6 Å². The van der Waals surface area contributed by atoms with Gasteiger partial charge in [-0.05, 0) is 56.3 Å². The number of carbonyl (C=O) groups excluding carboxylic acids is 2. The number of amides is 1. The van der Waals surface area contributed by atoms with Gasteiger partial charge < -0.3 is 14.5 Å². The Labute approximate surface area is 162 Å². The van der Waals surface area contributed by atoms with Crippen LogP contribution in [-0.4, -0.2) is 48.9 Å². The molecule has 0 N–H and O–H groups in total. The zero-order valence-electron chi connectivity index (χ0n) is 15.8. The molecule has 2 aromatic rings. The van der Waals surface area contributed by atoms with E-state index in [9.17, 15) is 18.4 Å². The molecule has 1 heterocycles. The summed E-state index contributed by atoms with van der Waals surface area (Å²) in [4.78, 5) is 27.4. The van der Waals surface area contributed by atoms with E-state index in [4.69, 9.17) is 4.74 Å². The number of Topliss-reactive ketones (excluding diaryl/α,β-unsaturated/α-hetero) is 1. The summed E-state index contributed by atoms with van der Waals surface area (Å²) in [6.07, 6.45) is 0. The van der Waals surface area contributed by atoms with Crippen LogP contribution in [0.2, 0.25) is 0 Å². The smallest absolute Gasteiger partial charge is 0.260 e. The number of carbonyl (C=O) groups is 2. The molecule has 1 aliphatic rings. The summed E-state index contributed by atoms with van der Waals surface area (Å²) in [5, 5.41) is 0. The van der Waals surface area contributed by atoms with Crippen LogP contribution in [0.3, 0.4) is 0 Å². The van der Waals surface area contributed by atoms with Gasteiger partial charge in [-0.15, -0.1) is 0 Å². The normalized spacial score (nSPS) is 16.8. The number of hydrogen-bond acceptors (Lipinski definition) is 4. The molecule has 0 spiro atoms. The molecule has 5 nitrogen and oxygen atoms in total. The van der Waals surface area contributed by atoms with E-state index in [1.165, 1.54) is 37.3 Å².